The van der Waals surface area contributed by atoms with Crippen molar-refractivity contribution in [2.45, 2.75) is 84.4 Å². The smallest absolute Gasteiger partial charge is 0.323 e. The van der Waals surface area contributed by atoms with Crippen LogP contribution in [0.25, 0.3) is 0 Å². The molecular formula is C20H31NO14. The number of ether oxygens (including phenoxy) is 6. The Morgan fingerprint density at radius 2 is 1.23 bits per heavy atom. The van der Waals surface area contributed by atoms with Gasteiger partial charge in [0.05, 0.1) is 6.10 Å². The van der Waals surface area contributed by atoms with Crippen LogP contribution in [0.5, 0.6) is 0 Å². The summed E-state index contributed by atoms with van der Waals surface area (Å²) in [6, 6.07) is -1.47. The number of hydrogen-bond donors (Lipinski definition) is 3. The first-order valence-corrected chi connectivity index (χ1v) is 10.2. The molecule has 1 heterocycles. The van der Waals surface area contributed by atoms with Gasteiger partial charge in [0, 0.05) is 34.6 Å². The van der Waals surface area contributed by atoms with Gasteiger partial charge in [0.1, 0.15) is 18.8 Å². The molecule has 200 valence electrons. The molecule has 1 aliphatic rings. The van der Waals surface area contributed by atoms with E-state index in [0.717, 1.165) is 34.6 Å². The Balaban J connectivity index is 0.00000267. The number of carbonyl (C=O) groups is 6. The predicted molar refractivity (Wildman–Crippen MR) is 111 cm³/mol. The number of rotatable bonds is 9. The van der Waals surface area contributed by atoms with E-state index in [1.54, 1.807) is 0 Å². The molecule has 15 nitrogen and oxygen atoms in total. The highest BCUT2D eigenvalue weighted by molar-refractivity contribution is 5.73. The van der Waals surface area contributed by atoms with Gasteiger partial charge in [-0.25, -0.2) is 0 Å². The maximum Gasteiger partial charge on any atom is 0.323 e. The summed E-state index contributed by atoms with van der Waals surface area (Å²) in [5.41, 5.74) is 5.55. The zero-order valence-electron chi connectivity index (χ0n) is 20.1. The highest BCUT2D eigenvalue weighted by Crippen LogP contribution is 2.30. The maximum atomic E-state index is 11.7. The lowest BCUT2D eigenvalue weighted by Crippen LogP contribution is -2.63. The van der Waals surface area contributed by atoms with Crippen LogP contribution in [0.4, 0.5) is 0 Å². The van der Waals surface area contributed by atoms with Crippen molar-refractivity contribution in [3.8, 4) is 0 Å². The lowest BCUT2D eigenvalue weighted by Gasteiger charge is -2.44. The topological polar surface area (TPSA) is 224 Å². The summed E-state index contributed by atoms with van der Waals surface area (Å²) < 4.78 is 31.8. The van der Waals surface area contributed by atoms with Crippen LogP contribution in [0, 0.1) is 0 Å². The van der Waals surface area contributed by atoms with Gasteiger partial charge >= 0.3 is 29.8 Å². The Labute approximate surface area is 200 Å². The fourth-order valence-electron chi connectivity index (χ4n) is 2.80. The monoisotopic (exact) mass is 509 g/mol. The Bertz CT molecular complexity index is 780. The van der Waals surface area contributed by atoms with Crippen molar-refractivity contribution < 1.29 is 67.4 Å². The fraction of sp³-hybridized carbons (Fsp3) is 0.700. The number of carbonyl (C=O) groups excluding carboxylic acids is 4. The highest BCUT2D eigenvalue weighted by atomic mass is 16.7. The molecule has 0 radical (unpaired) electrons. The molecule has 0 aromatic carbocycles. The standard InChI is InChI=1S/C18H27NO12.C2H4O2/c1-7(13(19)17(24)25)27-18-16(30-11(5)23)15(29-10(4)22)14(28-9(3)21)12(31-18)6-26-8(2)20;1-2(3)4/h7,12-16,18H,6,19H2,1-5H3,(H,24,25);1H3,(H,3,4)/t7-,12-,13+,14-,15+,16-,18-;/m1./s1. The minimum absolute atomic E-state index is 0.433. The molecule has 1 saturated heterocycles. The molecule has 1 fully saturated rings. The van der Waals surface area contributed by atoms with Gasteiger partial charge in [0.15, 0.2) is 24.6 Å². The van der Waals surface area contributed by atoms with Crippen LogP contribution in [0.1, 0.15) is 41.5 Å². The van der Waals surface area contributed by atoms with Crippen molar-refractivity contribution in [2.75, 3.05) is 6.61 Å². The third kappa shape index (κ3) is 12.1. The summed E-state index contributed by atoms with van der Waals surface area (Å²) in [5, 5.41) is 16.5. The SMILES string of the molecule is CC(=O)O.CC(=O)OC[C@H]1O[C@@H](O[C@H](C)[C@H](N)C(=O)O)[C@H](OC(C)=O)[C@@H](OC(C)=O)[C@@H]1OC(C)=O. The first kappa shape index (κ1) is 31.7. The number of hydrogen-bond acceptors (Lipinski definition) is 13. The zero-order valence-corrected chi connectivity index (χ0v) is 20.1. The number of carboxylic acids is 2. The molecule has 0 aromatic rings. The van der Waals surface area contributed by atoms with Gasteiger partial charge in [-0.1, -0.05) is 0 Å². The molecule has 0 amide bonds. The Hall–Kier alpha value is -3.30. The third-order valence-corrected chi connectivity index (χ3v) is 4.09. The highest BCUT2D eigenvalue weighted by Gasteiger charge is 2.53. The minimum atomic E-state index is -1.50. The van der Waals surface area contributed by atoms with Gasteiger partial charge in [-0.15, -0.1) is 0 Å². The van der Waals surface area contributed by atoms with Crippen LogP contribution in [-0.2, 0) is 57.2 Å². The van der Waals surface area contributed by atoms with Crippen molar-refractivity contribution in [1.29, 1.82) is 0 Å². The third-order valence-electron chi connectivity index (χ3n) is 4.09. The molecule has 35 heavy (non-hydrogen) atoms. The average Bonchev–Trinajstić information content (AvgIpc) is 2.68. The van der Waals surface area contributed by atoms with Gasteiger partial charge in [-0.05, 0) is 6.92 Å². The van der Waals surface area contributed by atoms with E-state index in [1.165, 1.54) is 6.92 Å². The largest absolute Gasteiger partial charge is 0.481 e. The van der Waals surface area contributed by atoms with Crippen LogP contribution in [0.2, 0.25) is 0 Å². The van der Waals surface area contributed by atoms with Crippen molar-refractivity contribution in [2.24, 2.45) is 5.73 Å². The van der Waals surface area contributed by atoms with E-state index in [0.29, 0.717) is 0 Å². The van der Waals surface area contributed by atoms with E-state index < -0.39 is 85.3 Å². The Morgan fingerprint density at radius 1 is 0.800 bits per heavy atom. The quantitative estimate of drug-likeness (QED) is 0.250. The van der Waals surface area contributed by atoms with Gasteiger partial charge in [-0.3, -0.25) is 28.8 Å². The summed E-state index contributed by atoms with van der Waals surface area (Å²) in [4.78, 5) is 66.4. The lowest BCUT2D eigenvalue weighted by molar-refractivity contribution is -0.316. The second-order valence-electron chi connectivity index (χ2n) is 7.29. The molecule has 0 bridgehead atoms. The molecule has 7 atom stereocenters. The molecule has 1 aliphatic heterocycles. The summed E-state index contributed by atoms with van der Waals surface area (Å²) in [6.07, 6.45) is -8.06. The zero-order chi connectivity index (χ0) is 27.5. The average molecular weight is 509 g/mol. The van der Waals surface area contributed by atoms with E-state index in [2.05, 4.69) is 0 Å². The first-order valence-electron chi connectivity index (χ1n) is 10.2. The number of nitrogens with two attached hydrogens (primary N) is 1. The predicted octanol–water partition coefficient (Wildman–Crippen LogP) is -1.02. The van der Waals surface area contributed by atoms with Crippen molar-refractivity contribution in [3.05, 3.63) is 0 Å². The normalized spacial score (nSPS) is 24.9. The molecule has 1 rings (SSSR count). The molecule has 0 aromatic heterocycles. The molecule has 0 saturated carbocycles. The molecule has 4 N–H and O–H groups in total. The molecular weight excluding hydrogens is 478 g/mol. The molecule has 15 heteroatoms. The van der Waals surface area contributed by atoms with Crippen molar-refractivity contribution >= 4 is 35.8 Å². The Morgan fingerprint density at radius 3 is 1.63 bits per heavy atom. The summed E-state index contributed by atoms with van der Waals surface area (Å²) in [5.74, 6) is -5.26. The maximum absolute atomic E-state index is 11.7. The van der Waals surface area contributed by atoms with Gasteiger partial charge in [0.2, 0.25) is 0 Å². The van der Waals surface area contributed by atoms with E-state index in [-0.39, 0.29) is 0 Å². The van der Waals surface area contributed by atoms with E-state index in [1.807, 2.05) is 0 Å². The first-order chi connectivity index (χ1) is 16.1. The second-order valence-corrected chi connectivity index (χ2v) is 7.29. The van der Waals surface area contributed by atoms with Crippen molar-refractivity contribution in [3.63, 3.8) is 0 Å². The summed E-state index contributed by atoms with van der Waals surface area (Å²) in [6.45, 7) is 6.36. The van der Waals surface area contributed by atoms with Crippen LogP contribution in [0.15, 0.2) is 0 Å². The van der Waals surface area contributed by atoms with Gasteiger partial charge in [0.25, 0.3) is 5.97 Å². The minimum Gasteiger partial charge on any atom is -0.481 e. The Kier molecular flexibility index (Phi) is 13.5. The van der Waals surface area contributed by atoms with Crippen LogP contribution in [-0.4, -0.2) is 95.5 Å². The van der Waals surface area contributed by atoms with Crippen LogP contribution < -0.4 is 5.73 Å². The number of carboxylic acid groups (broad SMARTS) is 2. The van der Waals surface area contributed by atoms with E-state index >= 15 is 0 Å². The molecule has 0 aliphatic carbocycles. The van der Waals surface area contributed by atoms with Crippen LogP contribution >= 0.6 is 0 Å². The fourth-order valence-corrected chi connectivity index (χ4v) is 2.80. The second kappa shape index (κ2) is 14.9. The van der Waals surface area contributed by atoms with Crippen LogP contribution in [0.3, 0.4) is 0 Å². The number of aliphatic carboxylic acids is 2. The summed E-state index contributed by atoms with van der Waals surface area (Å²) in [7, 11) is 0. The van der Waals surface area contributed by atoms with E-state index in [9.17, 15) is 24.0 Å². The summed E-state index contributed by atoms with van der Waals surface area (Å²) >= 11 is 0. The molecule has 0 spiro atoms. The van der Waals surface area contributed by atoms with E-state index in [4.69, 9.17) is 49.2 Å². The number of esters is 4. The lowest BCUT2D eigenvalue weighted by atomic mass is 9.98. The van der Waals surface area contributed by atoms with Gasteiger partial charge < -0.3 is 44.4 Å². The van der Waals surface area contributed by atoms with Gasteiger partial charge in [-0.2, -0.15) is 0 Å². The molecule has 0 unspecified atom stereocenters. The van der Waals surface area contributed by atoms with Crippen molar-refractivity contribution in [1.82, 2.24) is 0 Å².